The van der Waals surface area contributed by atoms with E-state index in [4.69, 9.17) is 9.84 Å². The van der Waals surface area contributed by atoms with Crippen LogP contribution in [0.4, 0.5) is 0 Å². The van der Waals surface area contributed by atoms with Gasteiger partial charge in [-0.25, -0.2) is 9.37 Å². The molecule has 192 valence electrons. The zero-order valence-corrected chi connectivity index (χ0v) is 21.8. The van der Waals surface area contributed by atoms with Gasteiger partial charge >= 0.3 is 11.9 Å². The van der Waals surface area contributed by atoms with Crippen LogP contribution < -0.4 is 0 Å². The molecule has 0 amide bonds. The fourth-order valence-corrected chi connectivity index (χ4v) is 3.97. The molecule has 1 atom stereocenters. The highest BCUT2D eigenvalue weighted by molar-refractivity contribution is 5.94. The van der Waals surface area contributed by atoms with Crippen molar-refractivity contribution in [2.45, 2.75) is 117 Å². The SMILES string of the molecule is CCCCCCCC/C=C\CCCCCCCC(=O)OC(C)N1C#CC(C)=[N+](CC(=O)O)CC1. The summed E-state index contributed by atoms with van der Waals surface area (Å²) in [7, 11) is 0. The highest BCUT2D eigenvalue weighted by Gasteiger charge is 2.22. The lowest BCUT2D eigenvalue weighted by Gasteiger charge is -2.23. The molecule has 1 aliphatic heterocycles. The van der Waals surface area contributed by atoms with E-state index < -0.39 is 12.2 Å². The topological polar surface area (TPSA) is 69.8 Å². The van der Waals surface area contributed by atoms with Crippen molar-refractivity contribution < 1.29 is 24.0 Å². The van der Waals surface area contributed by atoms with Crippen LogP contribution in [0.5, 0.6) is 0 Å². The molecule has 0 fully saturated rings. The predicted octanol–water partition coefficient (Wildman–Crippen LogP) is 5.75. The number of carbonyl (C=O) groups is 2. The molecule has 0 radical (unpaired) electrons. The third kappa shape index (κ3) is 14.8. The van der Waals surface area contributed by atoms with Gasteiger partial charge in [0.15, 0.2) is 12.8 Å². The van der Waals surface area contributed by atoms with Gasteiger partial charge in [0, 0.05) is 25.3 Å². The maximum Gasteiger partial charge on any atom is 0.369 e. The van der Waals surface area contributed by atoms with Gasteiger partial charge in [-0.2, -0.15) is 0 Å². The third-order valence-electron chi connectivity index (χ3n) is 6.18. The van der Waals surface area contributed by atoms with Crippen LogP contribution in [0.1, 0.15) is 111 Å². The number of hydrogen-bond acceptors (Lipinski definition) is 4. The molecule has 0 aromatic heterocycles. The minimum Gasteiger partial charge on any atom is -0.477 e. The molecule has 0 saturated carbocycles. The molecule has 0 saturated heterocycles. The molecule has 1 N–H and O–H groups in total. The number of esters is 1. The van der Waals surface area contributed by atoms with Crippen molar-refractivity contribution in [1.82, 2.24) is 4.90 Å². The van der Waals surface area contributed by atoms with Crippen LogP contribution in [0.15, 0.2) is 12.2 Å². The summed E-state index contributed by atoms with van der Waals surface area (Å²) in [4.78, 5) is 24.9. The minimum absolute atomic E-state index is 0.0714. The van der Waals surface area contributed by atoms with Crippen molar-refractivity contribution in [3.8, 4) is 12.0 Å². The highest BCUT2D eigenvalue weighted by atomic mass is 16.6. The molecule has 0 aliphatic carbocycles. The Hall–Kier alpha value is -2.29. The molecule has 1 heterocycles. The van der Waals surface area contributed by atoms with E-state index in [-0.39, 0.29) is 12.5 Å². The first-order chi connectivity index (χ1) is 16.4. The number of ether oxygens (including phenoxy) is 1. The standard InChI is InChI=1S/C28H46N2O4/c1-4-5-6-7-8-9-10-11-12-13-14-15-16-17-18-19-28(33)34-26(3)29-21-20-25(2)30(23-22-29)24-27(31)32/h11-12,26H,4-10,13-19,22-24H2,1-3H3/p+1/b12-11-. The Kier molecular flexibility index (Phi) is 16.7. The fraction of sp³-hybridized carbons (Fsp3) is 0.750. The number of carboxylic acid groups (broad SMARTS) is 1. The molecular formula is C28H47N2O4+. The van der Waals surface area contributed by atoms with Gasteiger partial charge in [-0.3, -0.25) is 9.69 Å². The maximum atomic E-state index is 12.2. The number of allylic oxidation sites excluding steroid dienone is 2. The van der Waals surface area contributed by atoms with Crippen molar-refractivity contribution in [2.24, 2.45) is 0 Å². The van der Waals surface area contributed by atoms with E-state index in [0.717, 1.165) is 31.4 Å². The Bertz CT molecular complexity index is 718. The molecule has 6 heteroatoms. The normalized spacial score (nSPS) is 14.6. The Morgan fingerprint density at radius 3 is 2.24 bits per heavy atom. The first kappa shape index (κ1) is 29.7. The van der Waals surface area contributed by atoms with Crippen molar-refractivity contribution in [2.75, 3.05) is 19.6 Å². The molecule has 1 aliphatic rings. The van der Waals surface area contributed by atoms with Crippen LogP contribution in [0.3, 0.4) is 0 Å². The van der Waals surface area contributed by atoms with Gasteiger partial charge in [-0.15, -0.1) is 0 Å². The fourth-order valence-electron chi connectivity index (χ4n) is 3.97. The van der Waals surface area contributed by atoms with Crippen molar-refractivity contribution in [3.63, 3.8) is 0 Å². The lowest BCUT2D eigenvalue weighted by molar-refractivity contribution is -0.517. The first-order valence-corrected chi connectivity index (χ1v) is 13.4. The van der Waals surface area contributed by atoms with Gasteiger partial charge in [0.1, 0.15) is 0 Å². The van der Waals surface area contributed by atoms with Crippen LogP contribution in [0.25, 0.3) is 0 Å². The molecule has 0 bridgehead atoms. The Morgan fingerprint density at radius 1 is 1.03 bits per heavy atom. The third-order valence-corrected chi connectivity index (χ3v) is 6.18. The zero-order chi connectivity index (χ0) is 25.0. The summed E-state index contributed by atoms with van der Waals surface area (Å²) in [5, 5.41) is 9.01. The van der Waals surface area contributed by atoms with Crippen LogP contribution in [-0.2, 0) is 14.3 Å². The number of carbonyl (C=O) groups excluding carboxylic acids is 1. The monoisotopic (exact) mass is 475 g/mol. The van der Waals surface area contributed by atoms with E-state index >= 15 is 0 Å². The summed E-state index contributed by atoms with van der Waals surface area (Å²) < 4.78 is 7.28. The second-order valence-electron chi connectivity index (χ2n) is 9.25. The zero-order valence-electron chi connectivity index (χ0n) is 21.8. The molecule has 0 aromatic carbocycles. The predicted molar refractivity (Wildman–Crippen MR) is 138 cm³/mol. The van der Waals surface area contributed by atoms with Gasteiger partial charge in [0.05, 0.1) is 6.54 Å². The van der Waals surface area contributed by atoms with Gasteiger partial charge in [-0.05, 0) is 39.0 Å². The molecule has 0 aromatic rings. The van der Waals surface area contributed by atoms with E-state index in [0.29, 0.717) is 19.5 Å². The highest BCUT2D eigenvalue weighted by Crippen LogP contribution is 2.11. The number of aliphatic carboxylic acids is 1. The molecule has 0 spiro atoms. The van der Waals surface area contributed by atoms with Crippen molar-refractivity contribution in [1.29, 1.82) is 0 Å². The van der Waals surface area contributed by atoms with Gasteiger partial charge in [-0.1, -0.05) is 70.4 Å². The quantitative estimate of drug-likeness (QED) is 0.0847. The summed E-state index contributed by atoms with van der Waals surface area (Å²) in [5.41, 5.74) is 0.719. The Balaban J connectivity index is 2.05. The summed E-state index contributed by atoms with van der Waals surface area (Å²) in [6, 6.07) is 2.99. The van der Waals surface area contributed by atoms with E-state index in [1.807, 2.05) is 13.8 Å². The lowest BCUT2D eigenvalue weighted by Crippen LogP contribution is -2.37. The molecule has 34 heavy (non-hydrogen) atoms. The minimum atomic E-state index is -0.881. The van der Waals surface area contributed by atoms with E-state index in [1.54, 1.807) is 9.48 Å². The summed E-state index contributed by atoms with van der Waals surface area (Å²) >= 11 is 0. The molecular weight excluding hydrogens is 428 g/mol. The lowest BCUT2D eigenvalue weighted by atomic mass is 10.1. The van der Waals surface area contributed by atoms with E-state index in [1.165, 1.54) is 57.8 Å². The van der Waals surface area contributed by atoms with Crippen molar-refractivity contribution in [3.05, 3.63) is 12.2 Å². The summed E-state index contributed by atoms with van der Waals surface area (Å²) in [6.07, 6.45) is 20.7. The molecule has 1 unspecified atom stereocenters. The maximum absolute atomic E-state index is 12.2. The van der Waals surface area contributed by atoms with Crippen LogP contribution >= 0.6 is 0 Å². The van der Waals surface area contributed by atoms with Crippen LogP contribution in [0, 0.1) is 12.0 Å². The number of carboxylic acids is 1. The number of unbranched alkanes of at least 4 members (excludes halogenated alkanes) is 11. The van der Waals surface area contributed by atoms with Gasteiger partial charge in [0.25, 0.3) is 0 Å². The van der Waals surface area contributed by atoms with E-state index in [9.17, 15) is 9.59 Å². The number of hydrogen-bond donors (Lipinski definition) is 1. The Morgan fingerprint density at radius 2 is 1.62 bits per heavy atom. The second kappa shape index (κ2) is 19.1. The van der Waals surface area contributed by atoms with Gasteiger partial charge < -0.3 is 9.84 Å². The van der Waals surface area contributed by atoms with Crippen LogP contribution in [0.2, 0.25) is 0 Å². The summed E-state index contributed by atoms with van der Waals surface area (Å²) in [5.74, 6) is 1.89. The largest absolute Gasteiger partial charge is 0.477 e. The first-order valence-electron chi connectivity index (χ1n) is 13.4. The molecule has 1 rings (SSSR count). The van der Waals surface area contributed by atoms with Crippen LogP contribution in [-0.4, -0.2) is 58.1 Å². The average molecular weight is 476 g/mol. The average Bonchev–Trinajstić information content (AvgIpc) is 2.97. The number of rotatable bonds is 19. The second-order valence-corrected chi connectivity index (χ2v) is 9.25. The molecule has 6 nitrogen and oxygen atoms in total. The Labute approximate surface area is 207 Å². The van der Waals surface area contributed by atoms with Gasteiger partial charge in [0.2, 0.25) is 12.3 Å². The van der Waals surface area contributed by atoms with E-state index in [2.05, 4.69) is 31.0 Å². The van der Waals surface area contributed by atoms with Crippen molar-refractivity contribution >= 4 is 17.7 Å². The number of nitrogens with zero attached hydrogens (tertiary/aromatic N) is 2. The summed E-state index contributed by atoms with van der Waals surface area (Å²) in [6.45, 7) is 6.86. The smallest absolute Gasteiger partial charge is 0.369 e.